The van der Waals surface area contributed by atoms with Gasteiger partial charge in [0.25, 0.3) is 0 Å². The number of hydrogen-bond acceptors (Lipinski definition) is 2. The van der Waals surface area contributed by atoms with E-state index >= 15 is 0 Å². The third-order valence-electron chi connectivity index (χ3n) is 2.94. The van der Waals surface area contributed by atoms with Gasteiger partial charge in [-0.3, -0.25) is 4.79 Å². The van der Waals surface area contributed by atoms with E-state index in [2.05, 4.69) is 21.2 Å². The van der Waals surface area contributed by atoms with Gasteiger partial charge >= 0.3 is 0 Å². The Morgan fingerprint density at radius 3 is 2.71 bits per heavy atom. The molecule has 0 bridgehead atoms. The molecule has 0 saturated carbocycles. The zero-order valence-corrected chi connectivity index (χ0v) is 12.0. The second kappa shape index (κ2) is 6.17. The summed E-state index contributed by atoms with van der Waals surface area (Å²) in [5.74, 6) is 0.0446. The van der Waals surface area contributed by atoms with Crippen LogP contribution in [-0.4, -0.2) is 11.9 Å². The maximum atomic E-state index is 11.9. The molecule has 3 nitrogen and oxygen atoms in total. The zero-order chi connectivity index (χ0) is 13.0. The molecular weight excluding hydrogens is 280 g/mol. The molecule has 3 N–H and O–H groups in total. The number of nitrogens with two attached hydrogens (primary N) is 1. The van der Waals surface area contributed by atoms with Crippen LogP contribution >= 0.6 is 15.9 Å². The number of halogens is 1. The Hall–Kier alpha value is -0.870. The van der Waals surface area contributed by atoms with Crippen molar-refractivity contribution in [2.75, 3.05) is 5.32 Å². The molecule has 1 rings (SSSR count). The van der Waals surface area contributed by atoms with E-state index in [1.807, 2.05) is 39.0 Å². The second-order valence-electron chi connectivity index (χ2n) is 4.38. The van der Waals surface area contributed by atoms with Crippen LogP contribution < -0.4 is 11.1 Å². The number of anilines is 1. The van der Waals surface area contributed by atoms with Crippen molar-refractivity contribution in [3.05, 3.63) is 28.2 Å². The number of carbonyl (C=O) groups excluding carboxylic acids is 1. The summed E-state index contributed by atoms with van der Waals surface area (Å²) >= 11 is 3.42. The maximum absolute atomic E-state index is 11.9. The van der Waals surface area contributed by atoms with Gasteiger partial charge < -0.3 is 11.1 Å². The fourth-order valence-electron chi connectivity index (χ4n) is 1.45. The van der Waals surface area contributed by atoms with Gasteiger partial charge in [-0.2, -0.15) is 0 Å². The average molecular weight is 299 g/mol. The van der Waals surface area contributed by atoms with E-state index in [-0.39, 0.29) is 11.8 Å². The lowest BCUT2D eigenvalue weighted by Crippen LogP contribution is -2.40. The standard InChI is InChI=1S/C13H19BrN2O/c1-4-9(3)12(15)13(17)16-11-6-5-8(2)7-10(11)14/h5-7,9,12H,4,15H2,1-3H3,(H,16,17)/t9?,12-/m0/s1. The number of carbonyl (C=O) groups is 1. The van der Waals surface area contributed by atoms with E-state index in [0.717, 1.165) is 22.1 Å². The second-order valence-corrected chi connectivity index (χ2v) is 5.24. The predicted molar refractivity (Wildman–Crippen MR) is 74.9 cm³/mol. The summed E-state index contributed by atoms with van der Waals surface area (Å²) in [7, 11) is 0. The summed E-state index contributed by atoms with van der Waals surface area (Å²) in [4.78, 5) is 11.9. The molecule has 0 aliphatic carbocycles. The van der Waals surface area contributed by atoms with Gasteiger partial charge in [0, 0.05) is 4.47 Å². The van der Waals surface area contributed by atoms with Crippen molar-refractivity contribution in [3.63, 3.8) is 0 Å². The summed E-state index contributed by atoms with van der Waals surface area (Å²) in [6, 6.07) is 5.33. The van der Waals surface area contributed by atoms with Crippen molar-refractivity contribution in [2.24, 2.45) is 11.7 Å². The molecule has 0 fully saturated rings. The van der Waals surface area contributed by atoms with E-state index in [1.165, 1.54) is 0 Å². The summed E-state index contributed by atoms with van der Waals surface area (Å²) < 4.78 is 0.877. The molecule has 0 aliphatic heterocycles. The third kappa shape index (κ3) is 3.82. The molecular formula is C13H19BrN2O. The van der Waals surface area contributed by atoms with Crippen molar-refractivity contribution in [3.8, 4) is 0 Å². The number of nitrogens with one attached hydrogen (secondary N) is 1. The molecule has 0 aromatic heterocycles. The van der Waals surface area contributed by atoms with Crippen LogP contribution in [-0.2, 0) is 4.79 Å². The first-order valence-electron chi connectivity index (χ1n) is 5.78. The van der Waals surface area contributed by atoms with Crippen molar-refractivity contribution in [1.82, 2.24) is 0 Å². The van der Waals surface area contributed by atoms with Crippen LogP contribution in [0.3, 0.4) is 0 Å². The molecule has 0 spiro atoms. The van der Waals surface area contributed by atoms with E-state index in [0.29, 0.717) is 0 Å². The zero-order valence-electron chi connectivity index (χ0n) is 10.5. The van der Waals surface area contributed by atoms with Crippen molar-refractivity contribution < 1.29 is 4.79 Å². The molecule has 94 valence electrons. The van der Waals surface area contributed by atoms with Gasteiger partial charge in [0.1, 0.15) is 0 Å². The highest BCUT2D eigenvalue weighted by molar-refractivity contribution is 9.10. The summed E-state index contributed by atoms with van der Waals surface area (Å²) in [6.45, 7) is 6.01. The molecule has 0 saturated heterocycles. The minimum Gasteiger partial charge on any atom is -0.324 e. The van der Waals surface area contributed by atoms with Crippen LogP contribution in [0.2, 0.25) is 0 Å². The van der Waals surface area contributed by atoms with Gasteiger partial charge in [-0.05, 0) is 46.5 Å². The molecule has 1 amide bonds. The number of hydrogen-bond donors (Lipinski definition) is 2. The van der Waals surface area contributed by atoms with Crippen LogP contribution in [0.5, 0.6) is 0 Å². The molecule has 0 heterocycles. The fourth-order valence-corrected chi connectivity index (χ4v) is 2.04. The Morgan fingerprint density at radius 1 is 1.53 bits per heavy atom. The summed E-state index contributed by atoms with van der Waals surface area (Å²) in [6.07, 6.45) is 0.893. The molecule has 17 heavy (non-hydrogen) atoms. The summed E-state index contributed by atoms with van der Waals surface area (Å²) in [5, 5.41) is 2.84. The number of amides is 1. The highest BCUT2D eigenvalue weighted by Crippen LogP contribution is 2.23. The Morgan fingerprint density at radius 2 is 2.18 bits per heavy atom. The average Bonchev–Trinajstić information content (AvgIpc) is 2.30. The fraction of sp³-hybridized carbons (Fsp3) is 0.462. The minimum atomic E-state index is -0.465. The lowest BCUT2D eigenvalue weighted by atomic mass is 9.99. The van der Waals surface area contributed by atoms with Crippen molar-refractivity contribution in [2.45, 2.75) is 33.2 Å². The normalized spacial score (nSPS) is 14.2. The van der Waals surface area contributed by atoms with Gasteiger partial charge in [-0.25, -0.2) is 0 Å². The van der Waals surface area contributed by atoms with E-state index in [4.69, 9.17) is 5.73 Å². The van der Waals surface area contributed by atoms with E-state index in [9.17, 15) is 4.79 Å². The van der Waals surface area contributed by atoms with Gasteiger partial charge in [-0.1, -0.05) is 26.3 Å². The van der Waals surface area contributed by atoms with Gasteiger partial charge in [0.15, 0.2) is 0 Å². The minimum absolute atomic E-state index is 0.135. The first-order chi connectivity index (χ1) is 7.95. The van der Waals surface area contributed by atoms with Crippen LogP contribution in [0.15, 0.2) is 22.7 Å². The maximum Gasteiger partial charge on any atom is 0.241 e. The molecule has 1 aromatic rings. The highest BCUT2D eigenvalue weighted by Gasteiger charge is 2.19. The van der Waals surface area contributed by atoms with Gasteiger partial charge in [0.05, 0.1) is 11.7 Å². The van der Waals surface area contributed by atoms with Gasteiger partial charge in [0.2, 0.25) is 5.91 Å². The Labute approximate surface area is 111 Å². The Balaban J connectivity index is 2.74. The molecule has 1 aromatic carbocycles. The molecule has 2 atom stereocenters. The topological polar surface area (TPSA) is 55.1 Å². The first-order valence-corrected chi connectivity index (χ1v) is 6.57. The van der Waals surface area contributed by atoms with Crippen LogP contribution in [0.4, 0.5) is 5.69 Å². The third-order valence-corrected chi connectivity index (χ3v) is 3.60. The first kappa shape index (κ1) is 14.2. The van der Waals surface area contributed by atoms with Crippen LogP contribution in [0.25, 0.3) is 0 Å². The largest absolute Gasteiger partial charge is 0.324 e. The number of benzene rings is 1. The predicted octanol–water partition coefficient (Wildman–Crippen LogP) is 3.07. The highest BCUT2D eigenvalue weighted by atomic mass is 79.9. The van der Waals surface area contributed by atoms with Crippen LogP contribution in [0.1, 0.15) is 25.8 Å². The Kier molecular flexibility index (Phi) is 5.15. The smallest absolute Gasteiger partial charge is 0.241 e. The number of rotatable bonds is 4. The quantitative estimate of drug-likeness (QED) is 0.897. The van der Waals surface area contributed by atoms with Gasteiger partial charge in [-0.15, -0.1) is 0 Å². The molecule has 4 heteroatoms. The van der Waals surface area contributed by atoms with E-state index in [1.54, 1.807) is 0 Å². The SMILES string of the molecule is CCC(C)[C@H](N)C(=O)Nc1ccc(C)cc1Br. The van der Waals surface area contributed by atoms with E-state index < -0.39 is 6.04 Å². The molecule has 0 radical (unpaired) electrons. The molecule has 0 aliphatic rings. The number of aryl methyl sites for hydroxylation is 1. The lowest BCUT2D eigenvalue weighted by molar-refractivity contribution is -0.118. The van der Waals surface area contributed by atoms with Crippen molar-refractivity contribution in [1.29, 1.82) is 0 Å². The monoisotopic (exact) mass is 298 g/mol. The van der Waals surface area contributed by atoms with Crippen LogP contribution in [0, 0.1) is 12.8 Å². The lowest BCUT2D eigenvalue weighted by Gasteiger charge is -2.18. The summed E-state index contributed by atoms with van der Waals surface area (Å²) in [5.41, 5.74) is 7.77. The Bertz CT molecular complexity index is 406. The van der Waals surface area contributed by atoms with Crippen molar-refractivity contribution >= 4 is 27.5 Å². The molecule has 1 unspecified atom stereocenters.